The van der Waals surface area contributed by atoms with E-state index >= 15 is 0 Å². The van der Waals surface area contributed by atoms with E-state index in [0.29, 0.717) is 5.41 Å². The van der Waals surface area contributed by atoms with Crippen LogP contribution in [-0.4, -0.2) is 5.33 Å². The normalized spacial score (nSPS) is 35.6. The molecule has 1 aromatic rings. The van der Waals surface area contributed by atoms with Crippen LogP contribution >= 0.6 is 27.3 Å². The zero-order valence-electron chi connectivity index (χ0n) is 6.51. The van der Waals surface area contributed by atoms with Crippen molar-refractivity contribution in [3.63, 3.8) is 0 Å². The molecule has 1 heterocycles. The fraction of sp³-hybridized carbons (Fsp3) is 0.556. The molecule has 1 saturated carbocycles. The van der Waals surface area contributed by atoms with Crippen LogP contribution in [0.4, 0.5) is 0 Å². The summed E-state index contributed by atoms with van der Waals surface area (Å²) < 4.78 is 0. The molecule has 0 nitrogen and oxygen atoms in total. The molecule has 2 rings (SSSR count). The van der Waals surface area contributed by atoms with Gasteiger partial charge in [0.2, 0.25) is 0 Å². The molecule has 0 aliphatic heterocycles. The van der Waals surface area contributed by atoms with Crippen molar-refractivity contribution in [2.45, 2.75) is 18.8 Å². The zero-order chi connectivity index (χ0) is 7.90. The molecule has 60 valence electrons. The Balaban J connectivity index is 2.19. The van der Waals surface area contributed by atoms with Crippen molar-refractivity contribution in [1.82, 2.24) is 0 Å². The quantitative estimate of drug-likeness (QED) is 0.684. The third kappa shape index (κ3) is 1.17. The lowest BCUT2D eigenvalue weighted by Crippen LogP contribution is -2.01. The molecule has 0 amide bonds. The minimum atomic E-state index is 0.512. The third-order valence-corrected chi connectivity index (χ3v) is 4.61. The van der Waals surface area contributed by atoms with Gasteiger partial charge in [0, 0.05) is 15.6 Å². The van der Waals surface area contributed by atoms with Crippen LogP contribution < -0.4 is 0 Å². The predicted molar refractivity (Wildman–Crippen MR) is 53.6 cm³/mol. The summed E-state index contributed by atoms with van der Waals surface area (Å²) in [6, 6.07) is 4.40. The molecule has 0 saturated heterocycles. The van der Waals surface area contributed by atoms with Gasteiger partial charge in [-0.1, -0.05) is 28.9 Å². The zero-order valence-corrected chi connectivity index (χ0v) is 8.91. The first-order chi connectivity index (χ1) is 5.27. The van der Waals surface area contributed by atoms with Crippen LogP contribution in [0.3, 0.4) is 0 Å². The van der Waals surface area contributed by atoms with Gasteiger partial charge in [0.05, 0.1) is 0 Å². The van der Waals surface area contributed by atoms with E-state index in [0.717, 1.165) is 11.2 Å². The number of rotatable bonds is 2. The minimum absolute atomic E-state index is 0.512. The van der Waals surface area contributed by atoms with Crippen LogP contribution in [0.1, 0.15) is 18.2 Å². The molecule has 0 radical (unpaired) electrons. The van der Waals surface area contributed by atoms with Gasteiger partial charge in [0.1, 0.15) is 0 Å². The molecule has 2 heteroatoms. The van der Waals surface area contributed by atoms with Gasteiger partial charge in [-0.25, -0.2) is 0 Å². The van der Waals surface area contributed by atoms with Crippen molar-refractivity contribution in [1.29, 1.82) is 0 Å². The van der Waals surface area contributed by atoms with Crippen molar-refractivity contribution in [3.8, 4) is 0 Å². The highest BCUT2D eigenvalue weighted by molar-refractivity contribution is 9.09. The first-order valence-electron chi connectivity index (χ1n) is 3.87. The van der Waals surface area contributed by atoms with E-state index in [9.17, 15) is 0 Å². The van der Waals surface area contributed by atoms with Crippen molar-refractivity contribution >= 4 is 27.3 Å². The number of hydrogen-bond donors (Lipinski definition) is 0. The number of hydrogen-bond acceptors (Lipinski definition) is 1. The highest BCUT2D eigenvalue weighted by atomic mass is 79.9. The van der Waals surface area contributed by atoms with Crippen LogP contribution in [0.2, 0.25) is 0 Å². The van der Waals surface area contributed by atoms with Gasteiger partial charge >= 0.3 is 0 Å². The molecule has 0 aromatic carbocycles. The first-order valence-corrected chi connectivity index (χ1v) is 5.87. The molecule has 1 aliphatic rings. The van der Waals surface area contributed by atoms with Gasteiger partial charge in [-0.05, 0) is 23.8 Å². The van der Waals surface area contributed by atoms with Crippen molar-refractivity contribution < 1.29 is 0 Å². The van der Waals surface area contributed by atoms with E-state index in [-0.39, 0.29) is 0 Å². The maximum atomic E-state index is 3.54. The van der Waals surface area contributed by atoms with E-state index < -0.39 is 0 Å². The second-order valence-corrected chi connectivity index (χ2v) is 5.05. The summed E-state index contributed by atoms with van der Waals surface area (Å²) in [4.78, 5) is 1.56. The predicted octanol–water partition coefficient (Wildman–Crippen LogP) is 3.42. The molecule has 2 atom stereocenters. The van der Waals surface area contributed by atoms with Gasteiger partial charge in [0.15, 0.2) is 0 Å². The Kier molecular flexibility index (Phi) is 1.84. The maximum Gasteiger partial charge on any atom is 0.0107 e. The summed E-state index contributed by atoms with van der Waals surface area (Å²) >= 11 is 5.43. The average Bonchev–Trinajstić information content (AvgIpc) is 2.55. The second-order valence-electron chi connectivity index (χ2n) is 3.45. The Bertz CT molecular complexity index is 242. The molecule has 0 bridgehead atoms. The number of alkyl halides is 1. The Labute approximate surface area is 79.8 Å². The van der Waals surface area contributed by atoms with Crippen LogP contribution in [0.25, 0.3) is 0 Å². The summed E-state index contributed by atoms with van der Waals surface area (Å²) in [6.45, 7) is 2.37. The Morgan fingerprint density at radius 3 is 3.09 bits per heavy atom. The number of halogens is 1. The summed E-state index contributed by atoms with van der Waals surface area (Å²) in [5.74, 6) is 0.876. The largest absolute Gasteiger partial charge is 0.148 e. The van der Waals surface area contributed by atoms with E-state index in [1.807, 2.05) is 11.3 Å². The molecule has 2 unspecified atom stereocenters. The first kappa shape index (κ1) is 7.81. The third-order valence-electron chi connectivity index (χ3n) is 2.68. The van der Waals surface area contributed by atoms with Crippen molar-refractivity contribution in [3.05, 3.63) is 22.4 Å². The van der Waals surface area contributed by atoms with E-state index in [4.69, 9.17) is 0 Å². The summed E-state index contributed by atoms with van der Waals surface area (Å²) in [5, 5.41) is 3.32. The van der Waals surface area contributed by atoms with E-state index in [2.05, 4.69) is 40.4 Å². The SMILES string of the molecule is CC1(c2cccs2)CC1CBr. The molecule has 0 spiro atoms. The summed E-state index contributed by atoms with van der Waals surface area (Å²) in [7, 11) is 0. The molecular weight excluding hydrogens is 220 g/mol. The van der Waals surface area contributed by atoms with Crippen molar-refractivity contribution in [2.24, 2.45) is 5.92 Å². The summed E-state index contributed by atoms with van der Waals surface area (Å²) in [5.41, 5.74) is 0.512. The average molecular weight is 231 g/mol. The molecular formula is C9H11BrS. The topological polar surface area (TPSA) is 0 Å². The van der Waals surface area contributed by atoms with Gasteiger partial charge in [0.25, 0.3) is 0 Å². The summed E-state index contributed by atoms with van der Waals surface area (Å²) in [6.07, 6.45) is 1.36. The monoisotopic (exact) mass is 230 g/mol. The van der Waals surface area contributed by atoms with Crippen molar-refractivity contribution in [2.75, 3.05) is 5.33 Å². The second kappa shape index (κ2) is 2.60. The fourth-order valence-electron chi connectivity index (χ4n) is 1.58. The lowest BCUT2D eigenvalue weighted by Gasteiger charge is -2.05. The van der Waals surface area contributed by atoms with Crippen LogP contribution in [-0.2, 0) is 5.41 Å². The standard InChI is InChI=1S/C9H11BrS/c1-9(5-7(9)6-10)8-3-2-4-11-8/h2-4,7H,5-6H2,1H3. The Hall–Kier alpha value is 0.180. The Morgan fingerprint density at radius 1 is 1.82 bits per heavy atom. The molecule has 1 fully saturated rings. The molecule has 1 aliphatic carbocycles. The molecule has 1 aromatic heterocycles. The lowest BCUT2D eigenvalue weighted by molar-refractivity contribution is 0.726. The minimum Gasteiger partial charge on any atom is -0.148 e. The molecule has 11 heavy (non-hydrogen) atoms. The lowest BCUT2D eigenvalue weighted by atomic mass is 10.1. The molecule has 0 N–H and O–H groups in total. The van der Waals surface area contributed by atoms with Crippen LogP contribution in [0, 0.1) is 5.92 Å². The fourth-order valence-corrected chi connectivity index (χ4v) is 3.51. The Morgan fingerprint density at radius 2 is 2.64 bits per heavy atom. The number of thiophene rings is 1. The van der Waals surface area contributed by atoms with Gasteiger partial charge in [-0.3, -0.25) is 0 Å². The van der Waals surface area contributed by atoms with Gasteiger partial charge in [-0.2, -0.15) is 0 Å². The smallest absolute Gasteiger partial charge is 0.0107 e. The van der Waals surface area contributed by atoms with E-state index in [1.165, 1.54) is 6.42 Å². The maximum absolute atomic E-state index is 3.54. The van der Waals surface area contributed by atoms with Gasteiger partial charge in [-0.15, -0.1) is 11.3 Å². The van der Waals surface area contributed by atoms with Crippen LogP contribution in [0.15, 0.2) is 17.5 Å². The van der Waals surface area contributed by atoms with E-state index in [1.54, 1.807) is 4.88 Å². The van der Waals surface area contributed by atoms with Crippen LogP contribution in [0.5, 0.6) is 0 Å². The highest BCUT2D eigenvalue weighted by Gasteiger charge is 2.50. The highest BCUT2D eigenvalue weighted by Crippen LogP contribution is 2.55. The van der Waals surface area contributed by atoms with Gasteiger partial charge < -0.3 is 0 Å².